The number of hydrogen-bond donors (Lipinski definition) is 1. The lowest BCUT2D eigenvalue weighted by atomic mass is 9.84. The molecule has 1 heteroatoms. The van der Waals surface area contributed by atoms with Crippen molar-refractivity contribution >= 4 is 0 Å². The van der Waals surface area contributed by atoms with Gasteiger partial charge in [0.15, 0.2) is 0 Å². The monoisotopic (exact) mass is 228 g/mol. The maximum absolute atomic E-state index is 10.3. The summed E-state index contributed by atoms with van der Waals surface area (Å²) >= 11 is 0. The van der Waals surface area contributed by atoms with Crippen LogP contribution in [0.15, 0.2) is 0 Å². The predicted octanol–water partition coefficient (Wildman–Crippen LogP) is 4.92. The lowest BCUT2D eigenvalue weighted by Crippen LogP contribution is -2.27. The highest BCUT2D eigenvalue weighted by atomic mass is 16.3. The van der Waals surface area contributed by atoms with Crippen LogP contribution in [-0.4, -0.2) is 10.7 Å². The van der Waals surface area contributed by atoms with E-state index in [1.54, 1.807) is 0 Å². The Labute approximate surface area is 103 Å². The van der Waals surface area contributed by atoms with Gasteiger partial charge in [0.05, 0.1) is 5.60 Å². The molecule has 0 aromatic heterocycles. The fourth-order valence-electron chi connectivity index (χ4n) is 2.42. The van der Waals surface area contributed by atoms with E-state index in [9.17, 15) is 5.11 Å². The molecule has 0 fully saturated rings. The van der Waals surface area contributed by atoms with Crippen LogP contribution in [0.3, 0.4) is 0 Å². The highest BCUT2D eigenvalue weighted by Gasteiger charge is 2.23. The third-order valence-electron chi connectivity index (χ3n) is 3.59. The number of unbranched alkanes of at least 4 members (excludes halogenated alkanes) is 3. The third kappa shape index (κ3) is 8.15. The van der Waals surface area contributed by atoms with Gasteiger partial charge in [-0.25, -0.2) is 0 Å². The van der Waals surface area contributed by atoms with Crippen molar-refractivity contribution in [1.82, 2.24) is 0 Å². The van der Waals surface area contributed by atoms with Crippen molar-refractivity contribution < 1.29 is 5.11 Å². The van der Waals surface area contributed by atoms with Crippen molar-refractivity contribution in [2.45, 2.75) is 91.1 Å². The minimum Gasteiger partial charge on any atom is -0.390 e. The molecule has 0 heterocycles. The van der Waals surface area contributed by atoms with Gasteiger partial charge in [-0.3, -0.25) is 0 Å². The molecule has 0 radical (unpaired) electrons. The molecule has 1 N–H and O–H groups in total. The molecule has 0 bridgehead atoms. The van der Waals surface area contributed by atoms with Gasteiger partial charge in [-0.05, 0) is 25.7 Å². The zero-order valence-electron chi connectivity index (χ0n) is 11.9. The van der Waals surface area contributed by atoms with Crippen LogP contribution in [0.2, 0.25) is 0 Å². The Morgan fingerprint density at radius 1 is 1.00 bits per heavy atom. The zero-order valence-corrected chi connectivity index (χ0v) is 11.9. The molecule has 0 saturated carbocycles. The number of aliphatic hydroxyl groups is 1. The van der Waals surface area contributed by atoms with Gasteiger partial charge in [-0.2, -0.15) is 0 Å². The standard InChI is InChI=1S/C15H32O/c1-5-8-10-12-15(4,16)13-14(7-3)11-9-6-2/h14,16H,5-13H2,1-4H3. The van der Waals surface area contributed by atoms with Crippen LogP contribution in [0.4, 0.5) is 0 Å². The average Bonchev–Trinajstić information content (AvgIpc) is 2.24. The molecule has 0 aliphatic rings. The van der Waals surface area contributed by atoms with Crippen molar-refractivity contribution in [2.75, 3.05) is 0 Å². The minimum atomic E-state index is -0.427. The summed E-state index contributed by atoms with van der Waals surface area (Å²) in [6, 6.07) is 0. The first kappa shape index (κ1) is 16.0. The molecule has 98 valence electrons. The van der Waals surface area contributed by atoms with E-state index < -0.39 is 5.60 Å². The molecule has 0 spiro atoms. The summed E-state index contributed by atoms with van der Waals surface area (Å²) in [5.41, 5.74) is -0.427. The molecular formula is C15H32O. The summed E-state index contributed by atoms with van der Waals surface area (Å²) in [6.45, 7) is 8.73. The fraction of sp³-hybridized carbons (Fsp3) is 1.00. The van der Waals surface area contributed by atoms with E-state index in [2.05, 4.69) is 20.8 Å². The quantitative estimate of drug-likeness (QED) is 0.526. The summed E-state index contributed by atoms with van der Waals surface area (Å²) in [7, 11) is 0. The molecule has 0 saturated heterocycles. The number of hydrogen-bond acceptors (Lipinski definition) is 1. The Kier molecular flexibility index (Phi) is 9.02. The maximum atomic E-state index is 10.3. The molecule has 2 atom stereocenters. The van der Waals surface area contributed by atoms with Crippen LogP contribution in [0.5, 0.6) is 0 Å². The Morgan fingerprint density at radius 2 is 1.62 bits per heavy atom. The predicted molar refractivity (Wildman–Crippen MR) is 72.7 cm³/mol. The largest absolute Gasteiger partial charge is 0.390 e. The van der Waals surface area contributed by atoms with E-state index in [1.807, 2.05) is 6.92 Å². The molecule has 2 unspecified atom stereocenters. The van der Waals surface area contributed by atoms with E-state index in [4.69, 9.17) is 0 Å². The molecule has 0 amide bonds. The summed E-state index contributed by atoms with van der Waals surface area (Å²) in [5.74, 6) is 0.719. The topological polar surface area (TPSA) is 20.2 Å². The van der Waals surface area contributed by atoms with E-state index in [0.717, 1.165) is 18.8 Å². The summed E-state index contributed by atoms with van der Waals surface area (Å²) in [5, 5.41) is 10.3. The third-order valence-corrected chi connectivity index (χ3v) is 3.59. The van der Waals surface area contributed by atoms with Crippen LogP contribution >= 0.6 is 0 Å². The average molecular weight is 228 g/mol. The van der Waals surface area contributed by atoms with Gasteiger partial charge in [0.1, 0.15) is 0 Å². The summed E-state index contributed by atoms with van der Waals surface area (Å²) in [4.78, 5) is 0. The zero-order chi connectivity index (χ0) is 12.4. The smallest absolute Gasteiger partial charge is 0.0622 e. The molecule has 0 rings (SSSR count). The second-order valence-electron chi connectivity index (χ2n) is 5.57. The van der Waals surface area contributed by atoms with Gasteiger partial charge in [0.25, 0.3) is 0 Å². The second-order valence-corrected chi connectivity index (χ2v) is 5.57. The van der Waals surface area contributed by atoms with Gasteiger partial charge < -0.3 is 5.11 Å². The van der Waals surface area contributed by atoms with E-state index in [0.29, 0.717) is 0 Å². The normalized spacial score (nSPS) is 17.1. The summed E-state index contributed by atoms with van der Waals surface area (Å²) in [6.07, 6.45) is 10.7. The van der Waals surface area contributed by atoms with Gasteiger partial charge in [-0.1, -0.05) is 65.7 Å². The highest BCUT2D eigenvalue weighted by molar-refractivity contribution is 4.76. The van der Waals surface area contributed by atoms with Gasteiger partial charge in [0, 0.05) is 0 Å². The molecule has 1 nitrogen and oxygen atoms in total. The first-order valence-corrected chi connectivity index (χ1v) is 7.28. The Bertz CT molecular complexity index is 152. The fourth-order valence-corrected chi connectivity index (χ4v) is 2.42. The molecule has 0 aromatic rings. The Hall–Kier alpha value is -0.0400. The number of rotatable bonds is 10. The van der Waals surface area contributed by atoms with E-state index >= 15 is 0 Å². The molecule has 0 aliphatic carbocycles. The van der Waals surface area contributed by atoms with Crippen molar-refractivity contribution in [3.8, 4) is 0 Å². The van der Waals surface area contributed by atoms with Crippen LogP contribution in [0, 0.1) is 5.92 Å². The van der Waals surface area contributed by atoms with Gasteiger partial charge in [-0.15, -0.1) is 0 Å². The lowest BCUT2D eigenvalue weighted by Gasteiger charge is -2.28. The Balaban J connectivity index is 3.89. The van der Waals surface area contributed by atoms with Crippen molar-refractivity contribution in [1.29, 1.82) is 0 Å². The summed E-state index contributed by atoms with van der Waals surface area (Å²) < 4.78 is 0. The molecule has 16 heavy (non-hydrogen) atoms. The lowest BCUT2D eigenvalue weighted by molar-refractivity contribution is 0.0208. The van der Waals surface area contributed by atoms with Crippen molar-refractivity contribution in [2.24, 2.45) is 5.92 Å². The van der Waals surface area contributed by atoms with Crippen molar-refractivity contribution in [3.63, 3.8) is 0 Å². The Morgan fingerprint density at radius 3 is 2.12 bits per heavy atom. The van der Waals surface area contributed by atoms with Gasteiger partial charge in [0.2, 0.25) is 0 Å². The van der Waals surface area contributed by atoms with Crippen LogP contribution < -0.4 is 0 Å². The van der Waals surface area contributed by atoms with Gasteiger partial charge >= 0.3 is 0 Å². The second kappa shape index (κ2) is 9.04. The van der Waals surface area contributed by atoms with E-state index in [1.165, 1.54) is 44.9 Å². The van der Waals surface area contributed by atoms with Crippen LogP contribution in [0.25, 0.3) is 0 Å². The molecule has 0 aliphatic heterocycles. The molecular weight excluding hydrogens is 196 g/mol. The first-order valence-electron chi connectivity index (χ1n) is 7.28. The van der Waals surface area contributed by atoms with Crippen molar-refractivity contribution in [3.05, 3.63) is 0 Å². The first-order chi connectivity index (χ1) is 7.55. The SMILES string of the molecule is CCCCCC(C)(O)CC(CC)CCCC. The highest BCUT2D eigenvalue weighted by Crippen LogP contribution is 2.27. The van der Waals surface area contributed by atoms with E-state index in [-0.39, 0.29) is 0 Å². The molecule has 0 aromatic carbocycles. The van der Waals surface area contributed by atoms with Crippen LogP contribution in [0.1, 0.15) is 85.5 Å². The minimum absolute atomic E-state index is 0.427. The maximum Gasteiger partial charge on any atom is 0.0622 e. The van der Waals surface area contributed by atoms with Crippen LogP contribution in [-0.2, 0) is 0 Å².